The van der Waals surface area contributed by atoms with E-state index in [2.05, 4.69) is 22.5 Å². The van der Waals surface area contributed by atoms with Gasteiger partial charge in [0, 0.05) is 13.2 Å². The lowest BCUT2D eigenvalue weighted by molar-refractivity contribution is 0.0939. The van der Waals surface area contributed by atoms with Gasteiger partial charge in [-0.15, -0.1) is 0 Å². The molecular formula is C19H22N4O3. The second-order valence-corrected chi connectivity index (χ2v) is 6.02. The Hall–Kier alpha value is -3.09. The quantitative estimate of drug-likeness (QED) is 0.705. The molecule has 0 aliphatic carbocycles. The molecule has 26 heavy (non-hydrogen) atoms. The molecule has 1 aromatic carbocycles. The summed E-state index contributed by atoms with van der Waals surface area (Å²) >= 11 is 0. The van der Waals surface area contributed by atoms with E-state index in [1.807, 2.05) is 43.6 Å². The molecule has 0 bridgehead atoms. The molecule has 1 amide bonds. The first-order chi connectivity index (χ1) is 12.6. The maximum atomic E-state index is 12.4. The summed E-state index contributed by atoms with van der Waals surface area (Å²) in [7, 11) is 1.83. The smallest absolute Gasteiger partial charge is 0.274 e. The molecule has 136 valence electrons. The molecule has 2 aromatic heterocycles. The predicted molar refractivity (Wildman–Crippen MR) is 95.8 cm³/mol. The Labute approximate surface area is 151 Å². The average molecular weight is 354 g/mol. The van der Waals surface area contributed by atoms with E-state index in [0.717, 1.165) is 17.9 Å². The van der Waals surface area contributed by atoms with Crippen molar-refractivity contribution in [2.75, 3.05) is 0 Å². The van der Waals surface area contributed by atoms with Crippen LogP contribution >= 0.6 is 0 Å². The highest BCUT2D eigenvalue weighted by Gasteiger charge is 2.20. The normalized spacial score (nSPS) is 10.7. The molecule has 3 aromatic rings. The molecule has 0 aliphatic rings. The molecule has 7 heteroatoms. The zero-order valence-electron chi connectivity index (χ0n) is 15.2. The first-order valence-electron chi connectivity index (χ1n) is 8.50. The lowest BCUT2D eigenvalue weighted by Gasteiger charge is -2.07. The van der Waals surface area contributed by atoms with Crippen LogP contribution in [0.2, 0.25) is 0 Å². The van der Waals surface area contributed by atoms with Gasteiger partial charge >= 0.3 is 0 Å². The van der Waals surface area contributed by atoms with Gasteiger partial charge in [0.25, 0.3) is 5.91 Å². The number of rotatable bonds is 7. The highest BCUT2D eigenvalue weighted by Crippen LogP contribution is 2.19. The lowest BCUT2D eigenvalue weighted by atomic mass is 10.1. The molecule has 0 unspecified atom stereocenters. The molecule has 0 radical (unpaired) electrons. The highest BCUT2D eigenvalue weighted by atomic mass is 16.5. The van der Waals surface area contributed by atoms with Crippen molar-refractivity contribution in [2.24, 2.45) is 7.05 Å². The van der Waals surface area contributed by atoms with Crippen LogP contribution in [0.25, 0.3) is 0 Å². The molecule has 0 fully saturated rings. The summed E-state index contributed by atoms with van der Waals surface area (Å²) in [5, 5.41) is 10.9. The molecule has 0 atom stereocenters. The van der Waals surface area contributed by atoms with E-state index in [1.54, 1.807) is 11.6 Å². The topological polar surface area (TPSA) is 82.2 Å². The van der Waals surface area contributed by atoms with Gasteiger partial charge in [0.2, 0.25) is 0 Å². The van der Waals surface area contributed by atoms with Crippen molar-refractivity contribution in [1.82, 2.24) is 20.3 Å². The van der Waals surface area contributed by atoms with Gasteiger partial charge in [-0.1, -0.05) is 24.2 Å². The van der Waals surface area contributed by atoms with Crippen LogP contribution in [0.15, 0.2) is 41.1 Å². The van der Waals surface area contributed by atoms with Gasteiger partial charge < -0.3 is 14.6 Å². The number of aryl methyl sites for hydroxylation is 3. The Kier molecular flexibility index (Phi) is 5.36. The molecule has 3 rings (SSSR count). The molecule has 0 aliphatic heterocycles. The van der Waals surface area contributed by atoms with Crippen LogP contribution < -0.4 is 10.1 Å². The molecule has 0 saturated carbocycles. The van der Waals surface area contributed by atoms with Gasteiger partial charge in [0.15, 0.2) is 5.69 Å². The summed E-state index contributed by atoms with van der Waals surface area (Å²) in [6.45, 7) is 4.41. The maximum Gasteiger partial charge on any atom is 0.274 e. The van der Waals surface area contributed by atoms with Crippen molar-refractivity contribution in [3.63, 3.8) is 0 Å². The number of nitrogens with zero attached hydrogens (tertiary/aromatic N) is 3. The van der Waals surface area contributed by atoms with Crippen molar-refractivity contribution in [1.29, 1.82) is 0 Å². The molecule has 0 spiro atoms. The van der Waals surface area contributed by atoms with Gasteiger partial charge in [0.1, 0.15) is 18.1 Å². The summed E-state index contributed by atoms with van der Waals surface area (Å²) < 4.78 is 12.7. The van der Waals surface area contributed by atoms with E-state index in [4.69, 9.17) is 9.26 Å². The first kappa shape index (κ1) is 17.7. The van der Waals surface area contributed by atoms with Crippen LogP contribution in [0.4, 0.5) is 0 Å². The van der Waals surface area contributed by atoms with Crippen molar-refractivity contribution in [3.05, 3.63) is 64.8 Å². The number of nitrogens with one attached hydrogen (secondary N) is 1. The summed E-state index contributed by atoms with van der Waals surface area (Å²) in [6.07, 6.45) is 2.80. The van der Waals surface area contributed by atoms with Crippen LogP contribution in [-0.4, -0.2) is 20.8 Å². The Morgan fingerprint density at radius 1 is 1.27 bits per heavy atom. The number of ether oxygens (including phenoxy) is 1. The van der Waals surface area contributed by atoms with E-state index in [0.29, 0.717) is 17.9 Å². The third kappa shape index (κ3) is 4.11. The van der Waals surface area contributed by atoms with Crippen molar-refractivity contribution < 1.29 is 14.1 Å². The molecule has 0 saturated heterocycles. The van der Waals surface area contributed by atoms with Gasteiger partial charge in [0.05, 0.1) is 17.8 Å². The monoisotopic (exact) mass is 354 g/mol. The number of hydrogen-bond acceptors (Lipinski definition) is 5. The second-order valence-electron chi connectivity index (χ2n) is 6.02. The SMILES string of the molecule is CCc1ccc(OCc2c(C(=O)NCc3ccn(C)n3)noc2C)cc1. The molecular weight excluding hydrogens is 332 g/mol. The molecule has 2 heterocycles. The standard InChI is InChI=1S/C19H22N4O3/c1-4-14-5-7-16(8-6-14)25-12-17-13(2)26-22-18(17)19(24)20-11-15-9-10-23(3)21-15/h5-10H,4,11-12H2,1-3H3,(H,20,24). The van der Waals surface area contributed by atoms with Crippen LogP contribution in [-0.2, 0) is 26.6 Å². The van der Waals surface area contributed by atoms with Crippen molar-refractivity contribution in [2.45, 2.75) is 33.4 Å². The predicted octanol–water partition coefficient (Wildman–Crippen LogP) is 2.79. The minimum atomic E-state index is -0.313. The van der Waals surface area contributed by atoms with Gasteiger partial charge in [-0.05, 0) is 37.1 Å². The van der Waals surface area contributed by atoms with E-state index in [-0.39, 0.29) is 18.2 Å². The van der Waals surface area contributed by atoms with E-state index >= 15 is 0 Å². The van der Waals surface area contributed by atoms with Crippen molar-refractivity contribution in [3.8, 4) is 5.75 Å². The van der Waals surface area contributed by atoms with Gasteiger partial charge in [-0.3, -0.25) is 9.48 Å². The Morgan fingerprint density at radius 3 is 2.69 bits per heavy atom. The Balaban J connectivity index is 1.64. The molecule has 1 N–H and O–H groups in total. The third-order valence-corrected chi connectivity index (χ3v) is 4.11. The number of amides is 1. The number of benzene rings is 1. The van der Waals surface area contributed by atoms with E-state index < -0.39 is 0 Å². The number of carbonyl (C=O) groups is 1. The summed E-state index contributed by atoms with van der Waals surface area (Å²) in [6, 6.07) is 9.73. The minimum Gasteiger partial charge on any atom is -0.489 e. The summed E-state index contributed by atoms with van der Waals surface area (Å²) in [5.74, 6) is 0.994. The van der Waals surface area contributed by atoms with E-state index in [1.165, 1.54) is 5.56 Å². The Bertz CT molecular complexity index is 881. The fourth-order valence-electron chi connectivity index (χ4n) is 2.53. The van der Waals surface area contributed by atoms with Crippen LogP contribution in [0.5, 0.6) is 5.75 Å². The Morgan fingerprint density at radius 2 is 2.04 bits per heavy atom. The zero-order chi connectivity index (χ0) is 18.5. The zero-order valence-corrected chi connectivity index (χ0v) is 15.2. The van der Waals surface area contributed by atoms with Gasteiger partial charge in [-0.2, -0.15) is 5.10 Å². The minimum absolute atomic E-state index is 0.215. The number of carbonyl (C=O) groups excluding carboxylic acids is 1. The average Bonchev–Trinajstić information content (AvgIpc) is 3.24. The molecule has 7 nitrogen and oxygen atoms in total. The van der Waals surface area contributed by atoms with E-state index in [9.17, 15) is 4.79 Å². The van der Waals surface area contributed by atoms with Crippen LogP contribution in [0.1, 0.15) is 40.0 Å². The fraction of sp³-hybridized carbons (Fsp3) is 0.316. The fourth-order valence-corrected chi connectivity index (χ4v) is 2.53. The third-order valence-electron chi connectivity index (χ3n) is 4.11. The van der Waals surface area contributed by atoms with Crippen molar-refractivity contribution >= 4 is 5.91 Å². The first-order valence-corrected chi connectivity index (χ1v) is 8.50. The maximum absolute atomic E-state index is 12.4. The largest absolute Gasteiger partial charge is 0.489 e. The van der Waals surface area contributed by atoms with Crippen LogP contribution in [0.3, 0.4) is 0 Å². The van der Waals surface area contributed by atoms with Crippen LogP contribution in [0, 0.1) is 6.92 Å². The number of hydrogen-bond donors (Lipinski definition) is 1. The second kappa shape index (κ2) is 7.86. The summed E-state index contributed by atoms with van der Waals surface area (Å²) in [5.41, 5.74) is 2.90. The lowest BCUT2D eigenvalue weighted by Crippen LogP contribution is -2.25. The highest BCUT2D eigenvalue weighted by molar-refractivity contribution is 5.93. The number of aromatic nitrogens is 3. The van der Waals surface area contributed by atoms with Gasteiger partial charge in [-0.25, -0.2) is 0 Å². The summed E-state index contributed by atoms with van der Waals surface area (Å²) in [4.78, 5) is 12.4.